The number of pyridine rings is 1. The highest BCUT2D eigenvalue weighted by Gasteiger charge is 2.35. The van der Waals surface area contributed by atoms with Crippen LogP contribution in [-0.4, -0.2) is 67.3 Å². The van der Waals surface area contributed by atoms with Gasteiger partial charge in [0.15, 0.2) is 0 Å². The molecule has 0 saturated carbocycles. The normalized spacial score (nSPS) is 18.9. The summed E-state index contributed by atoms with van der Waals surface area (Å²) < 4.78 is 7.40. The van der Waals surface area contributed by atoms with Crippen molar-refractivity contribution in [2.75, 3.05) is 26.2 Å². The SMILES string of the molecule is Cn1cnc(C(O)C2=Cc3cccnc3[C@@H](N3CCN(C(=O)OC(C)(C)C)CC3)c3ccc(Cl)cc32)c1. The fourth-order valence-electron chi connectivity index (χ4n) is 5.01. The Hall–Kier alpha value is -3.20. The van der Waals surface area contributed by atoms with E-state index in [9.17, 15) is 9.90 Å². The summed E-state index contributed by atoms with van der Waals surface area (Å²) in [5, 5.41) is 12.0. The van der Waals surface area contributed by atoms with Crippen LogP contribution in [0.5, 0.6) is 0 Å². The molecule has 1 aliphatic heterocycles. The van der Waals surface area contributed by atoms with Crippen LogP contribution in [0.3, 0.4) is 0 Å². The number of hydrogen-bond donors (Lipinski definition) is 1. The molecule has 0 spiro atoms. The first-order chi connectivity index (χ1) is 17.6. The third kappa shape index (κ3) is 5.28. The number of aliphatic hydroxyl groups is 1. The monoisotopic (exact) mass is 521 g/mol. The van der Waals surface area contributed by atoms with Gasteiger partial charge in [-0.05, 0) is 67.3 Å². The van der Waals surface area contributed by atoms with Gasteiger partial charge in [-0.3, -0.25) is 9.88 Å². The van der Waals surface area contributed by atoms with Gasteiger partial charge >= 0.3 is 6.09 Å². The molecule has 1 saturated heterocycles. The number of aliphatic hydroxyl groups excluding tert-OH is 1. The van der Waals surface area contributed by atoms with Crippen LogP contribution in [-0.2, 0) is 11.8 Å². The molecule has 2 atom stereocenters. The predicted molar refractivity (Wildman–Crippen MR) is 143 cm³/mol. The molecule has 1 amide bonds. The van der Waals surface area contributed by atoms with Gasteiger partial charge < -0.3 is 19.3 Å². The lowest BCUT2D eigenvalue weighted by Gasteiger charge is -2.40. The number of carbonyl (C=O) groups excluding carboxylic acids is 1. The minimum Gasteiger partial charge on any atom is -0.444 e. The molecule has 8 nitrogen and oxygen atoms in total. The van der Waals surface area contributed by atoms with Gasteiger partial charge in [0.2, 0.25) is 0 Å². The molecule has 5 rings (SSSR count). The Morgan fingerprint density at radius 3 is 2.59 bits per heavy atom. The molecule has 3 heterocycles. The number of rotatable bonds is 3. The molecule has 194 valence electrons. The Kier molecular flexibility index (Phi) is 6.83. The van der Waals surface area contributed by atoms with Crippen molar-refractivity contribution < 1.29 is 14.6 Å². The second-order valence-corrected chi connectivity index (χ2v) is 11.0. The van der Waals surface area contributed by atoms with Crippen LogP contribution in [0.25, 0.3) is 11.6 Å². The number of aryl methyl sites for hydroxylation is 1. The molecule has 3 aromatic rings. The number of benzene rings is 1. The minimum absolute atomic E-state index is 0.172. The summed E-state index contributed by atoms with van der Waals surface area (Å²) in [6.45, 7) is 8.03. The maximum atomic E-state index is 12.7. The molecule has 1 unspecified atom stereocenters. The predicted octanol–water partition coefficient (Wildman–Crippen LogP) is 4.70. The van der Waals surface area contributed by atoms with E-state index in [2.05, 4.69) is 9.88 Å². The van der Waals surface area contributed by atoms with Crippen molar-refractivity contribution in [2.45, 2.75) is 38.5 Å². The molecule has 0 bridgehead atoms. The summed E-state index contributed by atoms with van der Waals surface area (Å²) in [7, 11) is 1.88. The molecule has 2 aromatic heterocycles. The first kappa shape index (κ1) is 25.4. The molecule has 37 heavy (non-hydrogen) atoms. The average molecular weight is 522 g/mol. The van der Waals surface area contributed by atoms with E-state index in [0.29, 0.717) is 36.9 Å². The minimum atomic E-state index is -0.936. The Balaban J connectivity index is 1.53. The zero-order valence-electron chi connectivity index (χ0n) is 21.6. The zero-order chi connectivity index (χ0) is 26.3. The van der Waals surface area contributed by atoms with Crippen molar-refractivity contribution in [1.29, 1.82) is 0 Å². The summed E-state index contributed by atoms with van der Waals surface area (Å²) in [6.07, 6.45) is 6.06. The van der Waals surface area contributed by atoms with E-state index >= 15 is 0 Å². The summed E-state index contributed by atoms with van der Waals surface area (Å²) >= 11 is 6.49. The summed E-state index contributed by atoms with van der Waals surface area (Å²) in [6, 6.07) is 9.55. The quantitative estimate of drug-likeness (QED) is 0.538. The van der Waals surface area contributed by atoms with Gasteiger partial charge in [0.1, 0.15) is 11.7 Å². The number of ether oxygens (including phenoxy) is 1. The van der Waals surface area contributed by atoms with Crippen LogP contribution in [0, 0.1) is 0 Å². The number of fused-ring (bicyclic) bond motifs is 2. The number of aromatic nitrogens is 3. The van der Waals surface area contributed by atoms with Gasteiger partial charge in [0.05, 0.1) is 23.8 Å². The highest BCUT2D eigenvalue weighted by Crippen LogP contribution is 2.44. The molecular formula is C28H32ClN5O3. The highest BCUT2D eigenvalue weighted by molar-refractivity contribution is 6.30. The average Bonchev–Trinajstić information content (AvgIpc) is 3.23. The van der Waals surface area contributed by atoms with Gasteiger partial charge in [-0.15, -0.1) is 0 Å². The number of carbonyl (C=O) groups is 1. The van der Waals surface area contributed by atoms with Crippen molar-refractivity contribution >= 4 is 29.3 Å². The van der Waals surface area contributed by atoms with Gasteiger partial charge in [0, 0.05) is 50.6 Å². The van der Waals surface area contributed by atoms with Gasteiger partial charge in [-0.25, -0.2) is 9.78 Å². The third-order valence-electron chi connectivity index (χ3n) is 6.69. The second kappa shape index (κ2) is 9.93. The fourth-order valence-corrected chi connectivity index (χ4v) is 5.18. The number of amides is 1. The standard InChI is InChI=1S/C28H32ClN5O3/c1-28(2,3)37-27(36)34-12-10-33(11-13-34)25-20-8-7-19(29)15-21(20)22(14-18-6-5-9-30-24(18)25)26(35)23-16-32(4)17-31-23/h5-9,14-17,25-26,35H,10-13H2,1-4H3/t25-,26?/m0/s1. The summed E-state index contributed by atoms with van der Waals surface area (Å²) in [5.41, 5.74) is 4.46. The Labute approximate surface area is 222 Å². The van der Waals surface area contributed by atoms with Crippen molar-refractivity contribution in [3.05, 3.63) is 82.2 Å². The van der Waals surface area contributed by atoms with Gasteiger partial charge in [-0.2, -0.15) is 0 Å². The van der Waals surface area contributed by atoms with E-state index < -0.39 is 11.7 Å². The van der Waals surface area contributed by atoms with E-state index in [0.717, 1.165) is 28.0 Å². The highest BCUT2D eigenvalue weighted by atomic mass is 35.5. The maximum absolute atomic E-state index is 12.7. The molecule has 2 aliphatic rings. The van der Waals surface area contributed by atoms with Crippen LogP contribution in [0.2, 0.25) is 5.02 Å². The first-order valence-electron chi connectivity index (χ1n) is 12.4. The number of imidazole rings is 1. The summed E-state index contributed by atoms with van der Waals surface area (Å²) in [4.78, 5) is 26.0. The molecule has 1 N–H and O–H groups in total. The van der Waals surface area contributed by atoms with Gasteiger partial charge in [0.25, 0.3) is 0 Å². The molecule has 9 heteroatoms. The Morgan fingerprint density at radius 1 is 1.16 bits per heavy atom. The van der Waals surface area contributed by atoms with Crippen molar-refractivity contribution in [3.8, 4) is 0 Å². The molecular weight excluding hydrogens is 490 g/mol. The number of nitrogens with zero attached hydrogens (tertiary/aromatic N) is 5. The van der Waals surface area contributed by atoms with Crippen LogP contribution < -0.4 is 0 Å². The Bertz CT molecular complexity index is 1340. The van der Waals surface area contributed by atoms with Crippen molar-refractivity contribution in [2.24, 2.45) is 7.05 Å². The second-order valence-electron chi connectivity index (χ2n) is 10.6. The van der Waals surface area contributed by atoms with E-state index in [4.69, 9.17) is 21.3 Å². The number of piperazine rings is 1. The fraction of sp³-hybridized carbons (Fsp3) is 0.393. The first-order valence-corrected chi connectivity index (χ1v) is 12.8. The van der Waals surface area contributed by atoms with Gasteiger partial charge in [-0.1, -0.05) is 23.7 Å². The van der Waals surface area contributed by atoms with Crippen LogP contribution in [0.1, 0.15) is 61.0 Å². The molecule has 0 radical (unpaired) electrons. The van der Waals surface area contributed by atoms with Crippen molar-refractivity contribution in [1.82, 2.24) is 24.3 Å². The van der Waals surface area contributed by atoms with E-state index in [-0.39, 0.29) is 12.1 Å². The maximum Gasteiger partial charge on any atom is 0.410 e. The van der Waals surface area contributed by atoms with Crippen molar-refractivity contribution in [3.63, 3.8) is 0 Å². The van der Waals surface area contributed by atoms with Crippen LogP contribution in [0.4, 0.5) is 4.79 Å². The molecule has 1 aliphatic carbocycles. The Morgan fingerprint density at radius 2 is 1.92 bits per heavy atom. The lowest BCUT2D eigenvalue weighted by atomic mass is 9.91. The number of hydrogen-bond acceptors (Lipinski definition) is 6. The number of halogens is 1. The lowest BCUT2D eigenvalue weighted by Crippen LogP contribution is -2.51. The molecule has 1 aromatic carbocycles. The molecule has 1 fully saturated rings. The van der Waals surface area contributed by atoms with Crippen LogP contribution in [0.15, 0.2) is 49.1 Å². The third-order valence-corrected chi connectivity index (χ3v) is 6.93. The lowest BCUT2D eigenvalue weighted by molar-refractivity contribution is 0.0118. The topological polar surface area (TPSA) is 83.7 Å². The van der Waals surface area contributed by atoms with E-state index in [1.54, 1.807) is 17.4 Å². The van der Waals surface area contributed by atoms with E-state index in [1.807, 2.05) is 75.0 Å². The zero-order valence-corrected chi connectivity index (χ0v) is 22.3. The smallest absolute Gasteiger partial charge is 0.410 e. The van der Waals surface area contributed by atoms with E-state index in [1.165, 1.54) is 0 Å². The largest absolute Gasteiger partial charge is 0.444 e. The van der Waals surface area contributed by atoms with Crippen LogP contribution >= 0.6 is 11.6 Å². The summed E-state index contributed by atoms with van der Waals surface area (Å²) in [5.74, 6) is 0.